The average Bonchev–Trinajstić information content (AvgIpc) is 3.45. The van der Waals surface area contributed by atoms with Crippen LogP contribution < -0.4 is 5.32 Å². The van der Waals surface area contributed by atoms with Crippen LogP contribution in [0, 0.1) is 0 Å². The van der Waals surface area contributed by atoms with Crippen LogP contribution in [0.1, 0.15) is 45.1 Å². The molecule has 1 heterocycles. The Balaban J connectivity index is 1.26. The second-order valence-corrected chi connectivity index (χ2v) is 8.51. The molecule has 0 saturated carbocycles. The Labute approximate surface area is 194 Å². The van der Waals surface area contributed by atoms with E-state index in [1.807, 2.05) is 36.4 Å². The van der Waals surface area contributed by atoms with Crippen molar-refractivity contribution in [2.75, 3.05) is 20.3 Å². The Morgan fingerprint density at radius 3 is 2.36 bits per heavy atom. The van der Waals surface area contributed by atoms with Crippen molar-refractivity contribution in [1.82, 2.24) is 10.3 Å². The van der Waals surface area contributed by atoms with Crippen LogP contribution in [0.5, 0.6) is 0 Å². The second kappa shape index (κ2) is 10.1. The van der Waals surface area contributed by atoms with E-state index in [0.717, 1.165) is 33.6 Å². The molecule has 2 unspecified atom stereocenters. The first-order chi connectivity index (χ1) is 16.0. The number of rotatable bonds is 8. The lowest BCUT2D eigenvalue weighted by Gasteiger charge is -2.17. The number of carbonyl (C=O) groups is 2. The van der Waals surface area contributed by atoms with Gasteiger partial charge in [-0.15, -0.1) is 11.3 Å². The lowest BCUT2D eigenvalue weighted by Crippen LogP contribution is -2.30. The van der Waals surface area contributed by atoms with Crippen molar-refractivity contribution >= 4 is 23.4 Å². The number of ether oxygens (including phenoxy) is 2. The van der Waals surface area contributed by atoms with Gasteiger partial charge in [-0.25, -0.2) is 14.6 Å². The molecule has 33 heavy (non-hydrogen) atoms. The van der Waals surface area contributed by atoms with Crippen LogP contribution in [0.15, 0.2) is 53.9 Å². The zero-order valence-electron chi connectivity index (χ0n) is 17.9. The Morgan fingerprint density at radius 2 is 1.73 bits per heavy atom. The smallest absolute Gasteiger partial charge is 0.407 e. The molecule has 0 fully saturated rings. The molecule has 2 atom stereocenters. The number of thiazole rings is 1. The summed E-state index contributed by atoms with van der Waals surface area (Å²) in [5.41, 5.74) is 4.62. The molecule has 0 spiro atoms. The number of hydrogen-bond donors (Lipinski definition) is 3. The molecule has 8 nitrogen and oxygen atoms in total. The van der Waals surface area contributed by atoms with Gasteiger partial charge in [-0.3, -0.25) is 0 Å². The Kier molecular flexibility index (Phi) is 7.02. The number of alkyl carbamates (subject to hydrolysis) is 1. The maximum atomic E-state index is 12.2. The van der Waals surface area contributed by atoms with E-state index in [1.54, 1.807) is 0 Å². The maximum absolute atomic E-state index is 12.2. The molecule has 1 aliphatic carbocycles. The number of esters is 1. The highest BCUT2D eigenvalue weighted by atomic mass is 32.1. The minimum atomic E-state index is -1.28. The molecule has 9 heteroatoms. The van der Waals surface area contributed by atoms with Crippen LogP contribution in [-0.4, -0.2) is 53.6 Å². The Bertz CT molecular complexity index is 1100. The molecule has 4 rings (SSSR count). The molecule has 0 aliphatic heterocycles. The first-order valence-electron chi connectivity index (χ1n) is 10.5. The molecular formula is C24H24N2O6S. The molecule has 172 valence electrons. The molecule has 0 saturated heterocycles. The van der Waals surface area contributed by atoms with Crippen molar-refractivity contribution in [3.8, 4) is 11.1 Å². The van der Waals surface area contributed by atoms with Crippen molar-refractivity contribution in [2.45, 2.75) is 24.5 Å². The normalized spacial score (nSPS) is 14.2. The first-order valence-corrected chi connectivity index (χ1v) is 11.4. The first kappa shape index (κ1) is 22.9. The van der Waals surface area contributed by atoms with Crippen LogP contribution in [0.25, 0.3) is 11.1 Å². The summed E-state index contributed by atoms with van der Waals surface area (Å²) in [5.74, 6) is -0.652. The molecule has 2 aromatic carbocycles. The Hall–Kier alpha value is -3.27. The number of aliphatic hydroxyl groups excluding tert-OH is 2. The molecule has 1 amide bonds. The van der Waals surface area contributed by atoms with Gasteiger partial charge in [0.15, 0.2) is 5.69 Å². The van der Waals surface area contributed by atoms with Gasteiger partial charge in [0.05, 0.1) is 13.2 Å². The lowest BCUT2D eigenvalue weighted by molar-refractivity contribution is 0.0133. The van der Waals surface area contributed by atoms with Crippen LogP contribution in [0.3, 0.4) is 0 Å². The van der Waals surface area contributed by atoms with E-state index >= 15 is 0 Å². The number of carbonyl (C=O) groups excluding carboxylic acids is 2. The minimum absolute atomic E-state index is 0.0375. The number of nitrogens with zero attached hydrogens (tertiary/aromatic N) is 1. The lowest BCUT2D eigenvalue weighted by atomic mass is 9.98. The number of aliphatic hydroxyl groups is 2. The van der Waals surface area contributed by atoms with E-state index in [1.165, 1.54) is 12.5 Å². The molecule has 1 aliphatic rings. The third-order valence-electron chi connectivity index (χ3n) is 5.59. The topological polar surface area (TPSA) is 118 Å². The second-order valence-electron chi connectivity index (χ2n) is 7.62. The number of hydrogen-bond acceptors (Lipinski definition) is 8. The van der Waals surface area contributed by atoms with Gasteiger partial charge < -0.3 is 25.0 Å². The number of fused-ring (bicyclic) bond motifs is 3. The predicted molar refractivity (Wildman–Crippen MR) is 122 cm³/mol. The van der Waals surface area contributed by atoms with E-state index in [9.17, 15) is 19.8 Å². The fraction of sp³-hybridized carbons (Fsp3) is 0.292. The monoisotopic (exact) mass is 468 g/mol. The summed E-state index contributed by atoms with van der Waals surface area (Å²) in [6, 6.07) is 16.2. The number of amides is 1. The van der Waals surface area contributed by atoms with Gasteiger partial charge in [0.2, 0.25) is 0 Å². The molecule has 1 aromatic heterocycles. The van der Waals surface area contributed by atoms with E-state index in [-0.39, 0.29) is 36.2 Å². The summed E-state index contributed by atoms with van der Waals surface area (Å²) in [6.45, 7) is 0.296. The van der Waals surface area contributed by atoms with Gasteiger partial charge in [0.25, 0.3) is 0 Å². The highest BCUT2D eigenvalue weighted by molar-refractivity contribution is 7.09. The standard InChI is InChI=1S/C24H24N2O6S/c1-31-23(29)19-13-33-22(26-19)21(28)20(27)10-11-25-24(30)32-12-18-16-8-4-2-6-14(16)15-7-3-5-9-17(15)18/h2-9,13,18,20-21,27-28H,10-12H2,1H3,(H,25,30). The van der Waals surface area contributed by atoms with Crippen LogP contribution in [-0.2, 0) is 9.47 Å². The minimum Gasteiger partial charge on any atom is -0.464 e. The summed E-state index contributed by atoms with van der Waals surface area (Å²) in [4.78, 5) is 27.7. The van der Waals surface area contributed by atoms with Gasteiger partial charge in [0, 0.05) is 17.8 Å². The summed E-state index contributed by atoms with van der Waals surface area (Å²) in [5, 5.41) is 24.7. The molecule has 0 bridgehead atoms. The summed E-state index contributed by atoms with van der Waals surface area (Å²) < 4.78 is 10.0. The zero-order valence-corrected chi connectivity index (χ0v) is 18.7. The fourth-order valence-electron chi connectivity index (χ4n) is 3.92. The molecular weight excluding hydrogens is 444 g/mol. The van der Waals surface area contributed by atoms with Crippen molar-refractivity contribution in [3.63, 3.8) is 0 Å². The largest absolute Gasteiger partial charge is 0.464 e. The fourth-order valence-corrected chi connectivity index (χ4v) is 4.74. The van der Waals surface area contributed by atoms with Crippen LogP contribution in [0.4, 0.5) is 4.79 Å². The maximum Gasteiger partial charge on any atom is 0.407 e. The number of nitrogens with one attached hydrogen (secondary N) is 1. The quantitative estimate of drug-likeness (QED) is 0.434. The molecule has 3 N–H and O–H groups in total. The van der Waals surface area contributed by atoms with Crippen molar-refractivity contribution in [3.05, 3.63) is 75.7 Å². The number of methoxy groups -OCH3 is 1. The highest BCUT2D eigenvalue weighted by Gasteiger charge is 2.29. The SMILES string of the molecule is COC(=O)c1csc(C(O)C(O)CCNC(=O)OCC2c3ccccc3-c3ccccc32)n1. The van der Waals surface area contributed by atoms with Gasteiger partial charge in [-0.1, -0.05) is 48.5 Å². The van der Waals surface area contributed by atoms with E-state index in [2.05, 4.69) is 27.2 Å². The van der Waals surface area contributed by atoms with Gasteiger partial charge in [-0.2, -0.15) is 0 Å². The van der Waals surface area contributed by atoms with E-state index in [0.29, 0.717) is 0 Å². The molecule has 3 aromatic rings. The van der Waals surface area contributed by atoms with Crippen molar-refractivity contribution in [2.24, 2.45) is 0 Å². The van der Waals surface area contributed by atoms with Gasteiger partial charge in [0.1, 0.15) is 17.7 Å². The van der Waals surface area contributed by atoms with Gasteiger partial charge >= 0.3 is 12.1 Å². The average molecular weight is 469 g/mol. The van der Waals surface area contributed by atoms with Gasteiger partial charge in [-0.05, 0) is 28.7 Å². The highest BCUT2D eigenvalue weighted by Crippen LogP contribution is 2.44. The van der Waals surface area contributed by atoms with Crippen LogP contribution >= 0.6 is 11.3 Å². The summed E-state index contributed by atoms with van der Waals surface area (Å²) in [6.07, 6.45) is -2.97. The summed E-state index contributed by atoms with van der Waals surface area (Å²) in [7, 11) is 1.24. The summed E-state index contributed by atoms with van der Waals surface area (Å²) >= 11 is 1.05. The predicted octanol–water partition coefficient (Wildman–Crippen LogP) is 3.25. The number of benzene rings is 2. The Morgan fingerprint density at radius 1 is 1.09 bits per heavy atom. The third kappa shape index (κ3) is 4.90. The van der Waals surface area contributed by atoms with Crippen LogP contribution in [0.2, 0.25) is 0 Å². The third-order valence-corrected chi connectivity index (χ3v) is 6.50. The molecule has 0 radical (unpaired) electrons. The number of aromatic nitrogens is 1. The van der Waals surface area contributed by atoms with E-state index in [4.69, 9.17) is 4.74 Å². The van der Waals surface area contributed by atoms with E-state index < -0.39 is 24.3 Å². The zero-order chi connectivity index (χ0) is 23.4. The van der Waals surface area contributed by atoms with Crippen molar-refractivity contribution < 1.29 is 29.3 Å². The van der Waals surface area contributed by atoms with Crippen molar-refractivity contribution in [1.29, 1.82) is 0 Å².